The molecule has 0 saturated carbocycles. The maximum atomic E-state index is 13.1. The van der Waals surface area contributed by atoms with Gasteiger partial charge < -0.3 is 5.32 Å². The molecule has 0 amide bonds. The molecule has 0 saturated heterocycles. The van der Waals surface area contributed by atoms with Crippen LogP contribution in [0.3, 0.4) is 0 Å². The number of hydrogen-bond donors (Lipinski definition) is 1. The van der Waals surface area contributed by atoms with E-state index in [-0.39, 0.29) is 5.82 Å². The van der Waals surface area contributed by atoms with E-state index >= 15 is 0 Å². The zero-order valence-electron chi connectivity index (χ0n) is 11.0. The summed E-state index contributed by atoms with van der Waals surface area (Å²) in [6, 6.07) is 5.28. The van der Waals surface area contributed by atoms with Crippen LogP contribution in [0.25, 0.3) is 5.57 Å². The molecule has 94 valence electrons. The third-order valence-corrected chi connectivity index (χ3v) is 2.81. The molecule has 0 heterocycles. The lowest BCUT2D eigenvalue weighted by Crippen LogP contribution is -2.15. The van der Waals surface area contributed by atoms with Crippen LogP contribution in [0.15, 0.2) is 24.3 Å². The topological polar surface area (TPSA) is 12.0 Å². The zero-order valence-corrected chi connectivity index (χ0v) is 11.0. The molecule has 1 aromatic rings. The minimum Gasteiger partial charge on any atom is -0.316 e. The van der Waals surface area contributed by atoms with Crippen LogP contribution in [-0.2, 0) is 0 Å². The van der Waals surface area contributed by atoms with E-state index in [4.69, 9.17) is 0 Å². The summed E-state index contributed by atoms with van der Waals surface area (Å²) in [6.45, 7) is 8.12. The van der Waals surface area contributed by atoms with Crippen molar-refractivity contribution in [3.63, 3.8) is 0 Å². The molecular formula is C15H22FN. The van der Waals surface area contributed by atoms with Crippen molar-refractivity contribution in [2.45, 2.75) is 33.6 Å². The monoisotopic (exact) mass is 235 g/mol. The fourth-order valence-electron chi connectivity index (χ4n) is 1.70. The highest BCUT2D eigenvalue weighted by molar-refractivity contribution is 5.64. The molecule has 17 heavy (non-hydrogen) atoms. The molecule has 0 unspecified atom stereocenters. The molecule has 0 aliphatic carbocycles. The first kappa shape index (κ1) is 13.9. The van der Waals surface area contributed by atoms with Gasteiger partial charge in [-0.15, -0.1) is 0 Å². The second-order valence-electron chi connectivity index (χ2n) is 4.39. The Hall–Kier alpha value is -1.15. The Balaban J connectivity index is 2.53. The van der Waals surface area contributed by atoms with E-state index in [0.717, 1.165) is 25.1 Å². The number of hydrogen-bond acceptors (Lipinski definition) is 1. The van der Waals surface area contributed by atoms with Gasteiger partial charge in [-0.1, -0.05) is 19.1 Å². The third-order valence-electron chi connectivity index (χ3n) is 2.81. The van der Waals surface area contributed by atoms with E-state index < -0.39 is 0 Å². The summed E-state index contributed by atoms with van der Waals surface area (Å²) >= 11 is 0. The number of nitrogens with one attached hydrogen (secondary N) is 1. The van der Waals surface area contributed by atoms with Crippen LogP contribution in [0.5, 0.6) is 0 Å². The van der Waals surface area contributed by atoms with E-state index in [0.29, 0.717) is 5.56 Å². The molecule has 1 aromatic carbocycles. The van der Waals surface area contributed by atoms with Crippen molar-refractivity contribution >= 4 is 5.57 Å². The lowest BCUT2D eigenvalue weighted by molar-refractivity contribution is 0.618. The molecular weight excluding hydrogens is 213 g/mol. The average molecular weight is 235 g/mol. The Morgan fingerprint density at radius 2 is 2.12 bits per heavy atom. The molecule has 0 aliphatic heterocycles. The van der Waals surface area contributed by atoms with Crippen LogP contribution in [0.2, 0.25) is 0 Å². The first-order valence-electron chi connectivity index (χ1n) is 6.29. The van der Waals surface area contributed by atoms with Gasteiger partial charge in [-0.3, -0.25) is 0 Å². The van der Waals surface area contributed by atoms with Crippen LogP contribution in [0.4, 0.5) is 4.39 Å². The van der Waals surface area contributed by atoms with Gasteiger partial charge in [-0.2, -0.15) is 0 Å². The van der Waals surface area contributed by atoms with Crippen LogP contribution in [-0.4, -0.2) is 13.1 Å². The lowest BCUT2D eigenvalue weighted by Gasteiger charge is -2.05. The predicted octanol–water partition coefficient (Wildman–Crippen LogP) is 3.93. The highest BCUT2D eigenvalue weighted by Gasteiger charge is 2.00. The van der Waals surface area contributed by atoms with Gasteiger partial charge in [0.2, 0.25) is 0 Å². The summed E-state index contributed by atoms with van der Waals surface area (Å²) in [6.07, 6.45) is 4.39. The molecule has 0 bridgehead atoms. The van der Waals surface area contributed by atoms with Gasteiger partial charge in [0.1, 0.15) is 5.82 Å². The summed E-state index contributed by atoms with van der Waals surface area (Å²) in [5, 5.41) is 3.36. The molecule has 1 rings (SSSR count). The van der Waals surface area contributed by atoms with Gasteiger partial charge in [0.25, 0.3) is 0 Å². The maximum Gasteiger partial charge on any atom is 0.126 e. The Kier molecular flexibility index (Phi) is 5.92. The Morgan fingerprint density at radius 3 is 2.76 bits per heavy atom. The first-order valence-corrected chi connectivity index (χ1v) is 6.29. The zero-order chi connectivity index (χ0) is 12.7. The molecule has 1 N–H and O–H groups in total. The average Bonchev–Trinajstić information content (AvgIpc) is 2.32. The Labute approximate surface area is 104 Å². The maximum absolute atomic E-state index is 13.1. The fraction of sp³-hybridized carbons (Fsp3) is 0.467. The summed E-state index contributed by atoms with van der Waals surface area (Å²) < 4.78 is 13.1. The molecule has 2 heteroatoms. The number of benzene rings is 1. The van der Waals surface area contributed by atoms with Crippen LogP contribution >= 0.6 is 0 Å². The number of allylic oxidation sites excluding steroid dienone is 1. The van der Waals surface area contributed by atoms with Crippen molar-refractivity contribution in [3.05, 3.63) is 41.2 Å². The molecule has 0 fully saturated rings. The molecule has 1 nitrogen and oxygen atoms in total. The fourth-order valence-corrected chi connectivity index (χ4v) is 1.70. The van der Waals surface area contributed by atoms with Crippen molar-refractivity contribution < 1.29 is 4.39 Å². The second-order valence-corrected chi connectivity index (χ2v) is 4.39. The van der Waals surface area contributed by atoms with Crippen LogP contribution < -0.4 is 5.32 Å². The first-order chi connectivity index (χ1) is 8.15. The molecule has 0 spiro atoms. The van der Waals surface area contributed by atoms with Crippen molar-refractivity contribution in [3.8, 4) is 0 Å². The molecule has 0 aliphatic rings. The number of halogens is 1. The van der Waals surface area contributed by atoms with Crippen LogP contribution in [0.1, 0.15) is 37.8 Å². The second kappa shape index (κ2) is 7.23. The van der Waals surface area contributed by atoms with Gasteiger partial charge in [0.05, 0.1) is 0 Å². The van der Waals surface area contributed by atoms with Crippen molar-refractivity contribution in [1.82, 2.24) is 5.32 Å². The third kappa shape index (κ3) is 4.70. The lowest BCUT2D eigenvalue weighted by atomic mass is 10.0. The number of aryl methyl sites for hydroxylation is 1. The van der Waals surface area contributed by atoms with Crippen molar-refractivity contribution in [2.75, 3.05) is 13.1 Å². The predicted molar refractivity (Wildman–Crippen MR) is 72.6 cm³/mol. The van der Waals surface area contributed by atoms with Gasteiger partial charge in [-0.25, -0.2) is 4.39 Å². The van der Waals surface area contributed by atoms with Gasteiger partial charge in [0.15, 0.2) is 0 Å². The summed E-state index contributed by atoms with van der Waals surface area (Å²) in [7, 11) is 0. The normalized spacial score (nSPS) is 11.9. The van der Waals surface area contributed by atoms with E-state index in [1.54, 1.807) is 6.92 Å². The van der Waals surface area contributed by atoms with Crippen molar-refractivity contribution in [1.29, 1.82) is 0 Å². The minimum absolute atomic E-state index is 0.133. The highest BCUT2D eigenvalue weighted by atomic mass is 19.1. The van der Waals surface area contributed by atoms with E-state index in [2.05, 4.69) is 25.2 Å². The SMILES string of the molecule is CCCNCCC=C(C)c1ccc(F)c(C)c1. The molecule has 0 atom stereocenters. The van der Waals surface area contributed by atoms with Gasteiger partial charge >= 0.3 is 0 Å². The highest BCUT2D eigenvalue weighted by Crippen LogP contribution is 2.17. The van der Waals surface area contributed by atoms with E-state index in [9.17, 15) is 4.39 Å². The van der Waals surface area contributed by atoms with Gasteiger partial charge in [-0.05, 0) is 68.6 Å². The molecule has 0 aromatic heterocycles. The van der Waals surface area contributed by atoms with E-state index in [1.807, 2.05) is 12.1 Å². The summed E-state index contributed by atoms with van der Waals surface area (Å²) in [5.74, 6) is -0.133. The number of rotatable bonds is 6. The largest absolute Gasteiger partial charge is 0.316 e. The quantitative estimate of drug-likeness (QED) is 0.737. The minimum atomic E-state index is -0.133. The van der Waals surface area contributed by atoms with Gasteiger partial charge in [0, 0.05) is 0 Å². The standard InChI is InChI=1S/C15H22FN/c1-4-9-17-10-5-6-12(2)14-7-8-15(16)13(3)11-14/h6-8,11,17H,4-5,9-10H2,1-3H3. The summed E-state index contributed by atoms with van der Waals surface area (Å²) in [5.41, 5.74) is 3.03. The Morgan fingerprint density at radius 1 is 1.35 bits per heavy atom. The Bertz CT molecular complexity index is 383. The van der Waals surface area contributed by atoms with Crippen molar-refractivity contribution in [2.24, 2.45) is 0 Å². The summed E-state index contributed by atoms with van der Waals surface area (Å²) in [4.78, 5) is 0. The van der Waals surface area contributed by atoms with Crippen LogP contribution in [0, 0.1) is 12.7 Å². The molecule has 0 radical (unpaired) electrons. The smallest absolute Gasteiger partial charge is 0.126 e. The van der Waals surface area contributed by atoms with E-state index in [1.165, 1.54) is 18.1 Å².